The quantitative estimate of drug-likeness (QED) is 0.744. The van der Waals surface area contributed by atoms with Crippen molar-refractivity contribution in [2.45, 2.75) is 0 Å². The summed E-state index contributed by atoms with van der Waals surface area (Å²) in [6.45, 7) is 0. The third-order valence-electron chi connectivity index (χ3n) is 3.44. The highest BCUT2D eigenvalue weighted by molar-refractivity contribution is 6.06. The molecular formula is C19H16N2O2. The smallest absolute Gasteiger partial charge is 0.248 e. The van der Waals surface area contributed by atoms with Crippen LogP contribution in [0.1, 0.15) is 5.56 Å². The number of amides is 1. The number of ether oxygens (including phenoxy) is 1. The number of pyridine rings is 1. The van der Waals surface area contributed by atoms with E-state index in [1.807, 2.05) is 54.6 Å². The fourth-order valence-electron chi connectivity index (χ4n) is 2.35. The lowest BCUT2D eigenvalue weighted by Crippen LogP contribution is -2.08. The molecule has 114 valence electrons. The van der Waals surface area contributed by atoms with Crippen LogP contribution >= 0.6 is 0 Å². The summed E-state index contributed by atoms with van der Waals surface area (Å²) in [6, 6.07) is 17.1. The van der Waals surface area contributed by atoms with Crippen molar-refractivity contribution in [1.29, 1.82) is 0 Å². The number of aromatic nitrogens is 1. The van der Waals surface area contributed by atoms with Gasteiger partial charge in [0, 0.05) is 23.2 Å². The van der Waals surface area contributed by atoms with Gasteiger partial charge in [0.1, 0.15) is 5.75 Å². The molecule has 0 aliphatic rings. The van der Waals surface area contributed by atoms with Crippen LogP contribution in [0.4, 0.5) is 5.69 Å². The van der Waals surface area contributed by atoms with Gasteiger partial charge in [0.05, 0.1) is 18.3 Å². The Hall–Kier alpha value is -3.14. The van der Waals surface area contributed by atoms with Gasteiger partial charge < -0.3 is 10.1 Å². The van der Waals surface area contributed by atoms with Crippen molar-refractivity contribution in [3.05, 3.63) is 72.4 Å². The highest BCUT2D eigenvalue weighted by Gasteiger charge is 2.04. The molecule has 2 aromatic carbocycles. The molecule has 0 bridgehead atoms. The minimum absolute atomic E-state index is 0.214. The van der Waals surface area contributed by atoms with Crippen molar-refractivity contribution < 1.29 is 9.53 Å². The fraction of sp³-hybridized carbons (Fsp3) is 0.0526. The number of fused-ring (bicyclic) bond motifs is 1. The minimum Gasteiger partial charge on any atom is -0.496 e. The van der Waals surface area contributed by atoms with Crippen LogP contribution in [0.25, 0.3) is 17.0 Å². The van der Waals surface area contributed by atoms with E-state index in [1.54, 1.807) is 19.4 Å². The Morgan fingerprint density at radius 3 is 2.78 bits per heavy atom. The minimum atomic E-state index is -0.214. The maximum Gasteiger partial charge on any atom is 0.248 e. The molecule has 1 N–H and O–H groups in total. The first-order valence-corrected chi connectivity index (χ1v) is 7.24. The van der Waals surface area contributed by atoms with Crippen LogP contribution in [0, 0.1) is 0 Å². The highest BCUT2D eigenvalue weighted by Crippen LogP contribution is 2.21. The van der Waals surface area contributed by atoms with E-state index < -0.39 is 0 Å². The lowest BCUT2D eigenvalue weighted by molar-refractivity contribution is -0.111. The Morgan fingerprint density at radius 2 is 1.91 bits per heavy atom. The zero-order chi connectivity index (χ0) is 16.1. The van der Waals surface area contributed by atoms with Gasteiger partial charge in [-0.1, -0.05) is 36.4 Å². The molecule has 0 fully saturated rings. The summed E-state index contributed by atoms with van der Waals surface area (Å²) >= 11 is 0. The molecule has 1 heterocycles. The Labute approximate surface area is 134 Å². The SMILES string of the molecule is COc1ccccc1/C=C/C(=O)Nc1cccc2cccnc12. The lowest BCUT2D eigenvalue weighted by atomic mass is 10.1. The molecule has 4 nitrogen and oxygen atoms in total. The van der Waals surface area contributed by atoms with Crippen molar-refractivity contribution in [3.8, 4) is 5.75 Å². The van der Waals surface area contributed by atoms with E-state index in [0.29, 0.717) is 5.69 Å². The van der Waals surface area contributed by atoms with Gasteiger partial charge >= 0.3 is 0 Å². The van der Waals surface area contributed by atoms with Gasteiger partial charge in [-0.15, -0.1) is 0 Å². The van der Waals surface area contributed by atoms with Crippen LogP contribution < -0.4 is 10.1 Å². The molecule has 0 aliphatic heterocycles. The maximum atomic E-state index is 12.2. The highest BCUT2D eigenvalue weighted by atomic mass is 16.5. The van der Waals surface area contributed by atoms with E-state index in [0.717, 1.165) is 22.2 Å². The summed E-state index contributed by atoms with van der Waals surface area (Å²) in [5.74, 6) is 0.512. The predicted octanol–water partition coefficient (Wildman–Crippen LogP) is 3.90. The van der Waals surface area contributed by atoms with Crippen molar-refractivity contribution in [2.24, 2.45) is 0 Å². The number of carbonyl (C=O) groups is 1. The topological polar surface area (TPSA) is 51.2 Å². The van der Waals surface area contributed by atoms with E-state index >= 15 is 0 Å². The molecule has 3 rings (SSSR count). The number of anilines is 1. The van der Waals surface area contributed by atoms with E-state index in [-0.39, 0.29) is 5.91 Å². The van der Waals surface area contributed by atoms with Crippen molar-refractivity contribution in [1.82, 2.24) is 4.98 Å². The van der Waals surface area contributed by atoms with Crippen LogP contribution in [-0.2, 0) is 4.79 Å². The molecule has 0 spiro atoms. The monoisotopic (exact) mass is 304 g/mol. The number of rotatable bonds is 4. The van der Waals surface area contributed by atoms with Gasteiger partial charge in [0.2, 0.25) is 5.91 Å². The van der Waals surface area contributed by atoms with E-state index in [2.05, 4.69) is 10.3 Å². The Bertz CT molecular complexity index is 867. The van der Waals surface area contributed by atoms with Crippen LogP contribution in [0.15, 0.2) is 66.9 Å². The zero-order valence-electron chi connectivity index (χ0n) is 12.7. The number of para-hydroxylation sites is 2. The van der Waals surface area contributed by atoms with Gasteiger partial charge in [-0.3, -0.25) is 9.78 Å². The summed E-state index contributed by atoms with van der Waals surface area (Å²) in [5.41, 5.74) is 2.31. The molecular weight excluding hydrogens is 288 g/mol. The Kier molecular flexibility index (Phi) is 4.34. The van der Waals surface area contributed by atoms with Crippen LogP contribution in [0.3, 0.4) is 0 Å². The molecule has 23 heavy (non-hydrogen) atoms. The zero-order valence-corrected chi connectivity index (χ0v) is 12.7. The molecule has 4 heteroatoms. The van der Waals surface area contributed by atoms with Crippen molar-refractivity contribution in [3.63, 3.8) is 0 Å². The predicted molar refractivity (Wildman–Crippen MR) is 92.4 cm³/mol. The normalized spacial score (nSPS) is 10.8. The van der Waals surface area contributed by atoms with E-state index in [1.165, 1.54) is 6.08 Å². The van der Waals surface area contributed by atoms with Crippen LogP contribution in [-0.4, -0.2) is 18.0 Å². The molecule has 0 saturated carbocycles. The first-order valence-electron chi connectivity index (χ1n) is 7.24. The average molecular weight is 304 g/mol. The van der Waals surface area contributed by atoms with Crippen molar-refractivity contribution >= 4 is 28.6 Å². The summed E-state index contributed by atoms with van der Waals surface area (Å²) in [4.78, 5) is 16.5. The van der Waals surface area contributed by atoms with Crippen LogP contribution in [0.5, 0.6) is 5.75 Å². The molecule has 0 saturated heterocycles. The van der Waals surface area contributed by atoms with E-state index in [4.69, 9.17) is 4.74 Å². The molecule has 0 unspecified atom stereocenters. The first-order chi connectivity index (χ1) is 11.3. The molecule has 3 aromatic rings. The Morgan fingerprint density at radius 1 is 1.09 bits per heavy atom. The Balaban J connectivity index is 1.80. The fourth-order valence-corrected chi connectivity index (χ4v) is 2.35. The number of hydrogen-bond acceptors (Lipinski definition) is 3. The number of benzene rings is 2. The molecule has 0 aliphatic carbocycles. The lowest BCUT2D eigenvalue weighted by Gasteiger charge is -2.06. The standard InChI is InChI=1S/C19H16N2O2/c1-23-17-10-3-2-6-14(17)11-12-18(22)21-16-9-4-7-15-8-5-13-20-19(15)16/h2-13H,1H3,(H,21,22)/b12-11+. The molecule has 0 atom stereocenters. The average Bonchev–Trinajstić information content (AvgIpc) is 2.60. The molecule has 0 radical (unpaired) electrons. The number of nitrogens with one attached hydrogen (secondary N) is 1. The molecule has 1 aromatic heterocycles. The number of methoxy groups -OCH3 is 1. The van der Waals surface area contributed by atoms with Gasteiger partial charge in [0.25, 0.3) is 0 Å². The maximum absolute atomic E-state index is 12.2. The summed E-state index contributed by atoms with van der Waals surface area (Å²) in [5, 5.41) is 3.85. The number of carbonyl (C=O) groups excluding carboxylic acids is 1. The summed E-state index contributed by atoms with van der Waals surface area (Å²) in [6.07, 6.45) is 4.93. The third-order valence-corrected chi connectivity index (χ3v) is 3.44. The van der Waals surface area contributed by atoms with Gasteiger partial charge in [-0.05, 0) is 24.3 Å². The van der Waals surface area contributed by atoms with Crippen molar-refractivity contribution in [2.75, 3.05) is 12.4 Å². The van der Waals surface area contributed by atoms with E-state index in [9.17, 15) is 4.79 Å². The molecule has 1 amide bonds. The van der Waals surface area contributed by atoms with Gasteiger partial charge in [-0.25, -0.2) is 0 Å². The summed E-state index contributed by atoms with van der Waals surface area (Å²) in [7, 11) is 1.61. The first kappa shape index (κ1) is 14.8. The van der Waals surface area contributed by atoms with Gasteiger partial charge in [0.15, 0.2) is 0 Å². The largest absolute Gasteiger partial charge is 0.496 e. The second-order valence-electron chi connectivity index (χ2n) is 4.95. The van der Waals surface area contributed by atoms with Crippen LogP contribution in [0.2, 0.25) is 0 Å². The number of hydrogen-bond donors (Lipinski definition) is 1. The second-order valence-corrected chi connectivity index (χ2v) is 4.95. The number of nitrogens with zero attached hydrogens (tertiary/aromatic N) is 1. The van der Waals surface area contributed by atoms with Gasteiger partial charge in [-0.2, -0.15) is 0 Å². The summed E-state index contributed by atoms with van der Waals surface area (Å²) < 4.78 is 5.26. The second kappa shape index (κ2) is 6.75. The third kappa shape index (κ3) is 3.37.